The number of carbonyl (C=O) groups excluding carboxylic acids is 4. The van der Waals surface area contributed by atoms with Gasteiger partial charge in [0.1, 0.15) is 19.3 Å². The van der Waals surface area contributed by atoms with Crippen LogP contribution in [0.4, 0.5) is 0 Å². The Morgan fingerprint density at radius 3 is 0.648 bits per heavy atom. The van der Waals surface area contributed by atoms with E-state index in [1.165, 1.54) is 263 Å². The molecule has 0 aromatic heterocycles. The summed E-state index contributed by atoms with van der Waals surface area (Å²) in [6.07, 6.45) is 69.7. The van der Waals surface area contributed by atoms with E-state index in [0.717, 1.165) is 115 Å². The summed E-state index contributed by atoms with van der Waals surface area (Å²) in [7, 11) is -9.92. The largest absolute Gasteiger partial charge is 0.472 e. The molecule has 0 heterocycles. The van der Waals surface area contributed by atoms with Gasteiger partial charge in [0.15, 0.2) is 12.2 Å². The van der Waals surface area contributed by atoms with Crippen LogP contribution in [-0.2, 0) is 65.4 Å². The van der Waals surface area contributed by atoms with E-state index in [-0.39, 0.29) is 25.7 Å². The summed E-state index contributed by atoms with van der Waals surface area (Å²) in [5.41, 5.74) is 0. The average Bonchev–Trinajstić information content (AvgIpc) is 0.907. The van der Waals surface area contributed by atoms with E-state index in [1.54, 1.807) is 0 Å². The van der Waals surface area contributed by atoms with Gasteiger partial charge in [-0.15, -0.1) is 0 Å². The van der Waals surface area contributed by atoms with E-state index < -0.39 is 97.5 Å². The van der Waals surface area contributed by atoms with Crippen LogP contribution in [0.3, 0.4) is 0 Å². The number of unbranched alkanes of at least 4 members (excludes halogenated alkanes) is 55. The van der Waals surface area contributed by atoms with Gasteiger partial charge < -0.3 is 33.8 Å². The Labute approximate surface area is 645 Å². The van der Waals surface area contributed by atoms with Crippen molar-refractivity contribution in [1.82, 2.24) is 0 Å². The normalized spacial score (nSPS) is 13.8. The monoisotopic (exact) mass is 1540 g/mol. The lowest BCUT2D eigenvalue weighted by molar-refractivity contribution is -0.161. The minimum atomic E-state index is -4.96. The second-order valence-electron chi connectivity index (χ2n) is 31.9. The molecule has 0 radical (unpaired) electrons. The number of carbonyl (C=O) groups is 4. The maximum absolute atomic E-state index is 13.1. The van der Waals surface area contributed by atoms with Gasteiger partial charge in [0.05, 0.1) is 26.4 Å². The summed E-state index contributed by atoms with van der Waals surface area (Å²) in [6, 6.07) is 0. The highest BCUT2D eigenvalue weighted by Crippen LogP contribution is 2.45. The fraction of sp³-hybridized carbons (Fsp3) is 0.953. The van der Waals surface area contributed by atoms with Gasteiger partial charge >= 0.3 is 39.5 Å². The van der Waals surface area contributed by atoms with E-state index in [4.69, 9.17) is 37.0 Å². The number of phosphoric acid groups is 2. The molecule has 0 aliphatic heterocycles. The van der Waals surface area contributed by atoms with Crippen molar-refractivity contribution in [3.05, 3.63) is 0 Å². The molecule has 3 N–H and O–H groups in total. The maximum Gasteiger partial charge on any atom is 0.472 e. The molecule has 0 aromatic rings. The molecule has 0 aliphatic carbocycles. The maximum atomic E-state index is 13.1. The van der Waals surface area contributed by atoms with Crippen molar-refractivity contribution in [1.29, 1.82) is 0 Å². The standard InChI is InChI=1S/C86H168O17P2/c1-7-9-11-13-15-16-17-18-19-20-21-22-23-24-25-30-36-41-46-52-58-64-71-86(91)103-82(75-97-84(89)69-63-57-51-45-40-35-29-27-26-28-33-38-43-49-54-60-66-78(3)4)77-101-105(94,95)99-73-80(87)72-98-104(92,93)100-76-81(74-96-83(88)68-62-56-48-14-12-10-8-2)102-85(90)70-65-59-53-47-42-37-32-31-34-39-44-50-55-61-67-79(5)6/h78-82,87H,7-77H2,1-6H3,(H,92,93)(H,94,95)/t80-,81+,82+/m0/s1. The van der Waals surface area contributed by atoms with Crippen LogP contribution in [0.25, 0.3) is 0 Å². The number of aliphatic hydroxyl groups excluding tert-OH is 1. The molecule has 0 spiro atoms. The van der Waals surface area contributed by atoms with E-state index in [2.05, 4.69) is 41.5 Å². The predicted molar refractivity (Wildman–Crippen MR) is 432 cm³/mol. The molecule has 0 fully saturated rings. The molecule has 624 valence electrons. The summed E-state index contributed by atoms with van der Waals surface area (Å²) < 4.78 is 68.8. The van der Waals surface area contributed by atoms with Crippen LogP contribution in [0.5, 0.6) is 0 Å². The molecule has 19 heteroatoms. The number of hydrogen-bond acceptors (Lipinski definition) is 15. The zero-order valence-corrected chi connectivity index (χ0v) is 70.8. The summed E-state index contributed by atoms with van der Waals surface area (Å²) in [5, 5.41) is 10.7. The lowest BCUT2D eigenvalue weighted by atomic mass is 10.0. The highest BCUT2D eigenvalue weighted by Gasteiger charge is 2.30. The van der Waals surface area contributed by atoms with Crippen molar-refractivity contribution in [3.63, 3.8) is 0 Å². The van der Waals surface area contributed by atoms with Crippen molar-refractivity contribution < 1.29 is 80.2 Å². The minimum absolute atomic E-state index is 0.107. The van der Waals surface area contributed by atoms with Crippen LogP contribution in [-0.4, -0.2) is 96.7 Å². The predicted octanol–water partition coefficient (Wildman–Crippen LogP) is 26.2. The van der Waals surface area contributed by atoms with Gasteiger partial charge in [0.25, 0.3) is 0 Å². The van der Waals surface area contributed by atoms with E-state index in [1.807, 2.05) is 0 Å². The van der Waals surface area contributed by atoms with Crippen molar-refractivity contribution in [2.45, 2.75) is 477 Å². The van der Waals surface area contributed by atoms with Crippen molar-refractivity contribution >= 4 is 39.5 Å². The zero-order valence-electron chi connectivity index (χ0n) is 69.0. The van der Waals surface area contributed by atoms with Gasteiger partial charge in [-0.2, -0.15) is 0 Å². The molecule has 5 atom stereocenters. The summed E-state index contributed by atoms with van der Waals surface area (Å²) >= 11 is 0. The summed E-state index contributed by atoms with van der Waals surface area (Å²) in [5.74, 6) is -0.500. The SMILES string of the molecule is CCCCCCCCCCCCCCCCCCCCCCCCC(=O)O[C@H](COC(=O)CCCCCCCCCCCCCCCCCCC(C)C)COP(=O)(O)OC[C@@H](O)COP(=O)(O)OC[C@@H](COC(=O)CCCCCCCCC)OC(=O)CCCCCCCCCCCCCCCCC(C)C. The van der Waals surface area contributed by atoms with Gasteiger partial charge in [0.2, 0.25) is 0 Å². The first kappa shape index (κ1) is 103. The molecule has 0 saturated heterocycles. The lowest BCUT2D eigenvalue weighted by Gasteiger charge is -2.21. The molecule has 2 unspecified atom stereocenters. The topological polar surface area (TPSA) is 237 Å². The van der Waals surface area contributed by atoms with Crippen LogP contribution < -0.4 is 0 Å². The average molecular weight is 1540 g/mol. The Morgan fingerprint density at radius 2 is 0.438 bits per heavy atom. The van der Waals surface area contributed by atoms with Crippen LogP contribution in [0.2, 0.25) is 0 Å². The zero-order chi connectivity index (χ0) is 77.1. The first-order valence-electron chi connectivity index (χ1n) is 44.5. The molecule has 105 heavy (non-hydrogen) atoms. The van der Waals surface area contributed by atoms with Crippen LogP contribution >= 0.6 is 15.6 Å². The molecule has 0 aliphatic rings. The van der Waals surface area contributed by atoms with Gasteiger partial charge in [-0.05, 0) is 37.5 Å². The molecule has 0 bridgehead atoms. The summed E-state index contributed by atoms with van der Waals surface area (Å²) in [6.45, 7) is 9.68. The summed E-state index contributed by atoms with van der Waals surface area (Å²) in [4.78, 5) is 73.1. The Kier molecular flexibility index (Phi) is 76.0. The number of rotatable bonds is 85. The fourth-order valence-corrected chi connectivity index (χ4v) is 15.0. The van der Waals surface area contributed by atoms with Crippen LogP contribution in [0.15, 0.2) is 0 Å². The molecule has 0 rings (SSSR count). The van der Waals surface area contributed by atoms with E-state index in [0.29, 0.717) is 25.7 Å². The Hall–Kier alpha value is -1.94. The van der Waals surface area contributed by atoms with Crippen LogP contribution in [0, 0.1) is 11.8 Å². The van der Waals surface area contributed by atoms with Gasteiger partial charge in [0, 0.05) is 25.7 Å². The van der Waals surface area contributed by atoms with Gasteiger partial charge in [-0.1, -0.05) is 408 Å². The quantitative estimate of drug-likeness (QED) is 0.0222. The molecule has 0 amide bonds. The second kappa shape index (κ2) is 77.4. The number of ether oxygens (including phenoxy) is 4. The molecule has 0 saturated carbocycles. The van der Waals surface area contributed by atoms with Crippen molar-refractivity contribution in [2.75, 3.05) is 39.6 Å². The number of aliphatic hydroxyl groups is 1. The fourth-order valence-electron chi connectivity index (χ4n) is 13.4. The third-order valence-electron chi connectivity index (χ3n) is 20.2. The Morgan fingerprint density at radius 1 is 0.257 bits per heavy atom. The third kappa shape index (κ3) is 79.9. The highest BCUT2D eigenvalue weighted by molar-refractivity contribution is 7.47. The third-order valence-corrected chi connectivity index (χ3v) is 22.1. The Bertz CT molecular complexity index is 2010. The number of esters is 4. The van der Waals surface area contributed by atoms with Crippen molar-refractivity contribution in [2.24, 2.45) is 11.8 Å². The first-order chi connectivity index (χ1) is 50.9. The molecule has 17 nitrogen and oxygen atoms in total. The first-order valence-corrected chi connectivity index (χ1v) is 47.5. The highest BCUT2D eigenvalue weighted by atomic mass is 31.2. The molecular weight excluding hydrogens is 1370 g/mol. The molecular formula is C86H168O17P2. The second-order valence-corrected chi connectivity index (χ2v) is 34.8. The van der Waals surface area contributed by atoms with E-state index >= 15 is 0 Å². The lowest BCUT2D eigenvalue weighted by Crippen LogP contribution is -2.30. The molecule has 0 aromatic carbocycles. The smallest absolute Gasteiger partial charge is 0.462 e. The van der Waals surface area contributed by atoms with Crippen LogP contribution in [0.1, 0.15) is 459 Å². The van der Waals surface area contributed by atoms with Gasteiger partial charge in [-0.25, -0.2) is 9.13 Å². The van der Waals surface area contributed by atoms with Gasteiger partial charge in [-0.3, -0.25) is 37.3 Å². The number of phosphoric ester groups is 2. The van der Waals surface area contributed by atoms with Crippen molar-refractivity contribution in [3.8, 4) is 0 Å². The van der Waals surface area contributed by atoms with E-state index in [9.17, 15) is 43.2 Å². The number of hydrogen-bond donors (Lipinski definition) is 3. The minimum Gasteiger partial charge on any atom is -0.462 e. The Balaban J connectivity index is 5.16.